The fourth-order valence-electron chi connectivity index (χ4n) is 1.50. The summed E-state index contributed by atoms with van der Waals surface area (Å²) in [5.74, 6) is 1.45. The van der Waals surface area contributed by atoms with Crippen LogP contribution in [0.3, 0.4) is 0 Å². The highest BCUT2D eigenvalue weighted by Gasteiger charge is 2.08. The van der Waals surface area contributed by atoms with Crippen LogP contribution in [0.4, 0.5) is 10.2 Å². The number of nitrogens with zero attached hydrogens (tertiary/aromatic N) is 2. The predicted molar refractivity (Wildman–Crippen MR) is 67.4 cm³/mol. The molecule has 0 amide bonds. The topological polar surface area (TPSA) is 47.0 Å². The van der Waals surface area contributed by atoms with Gasteiger partial charge in [-0.3, -0.25) is 0 Å². The molecule has 0 saturated carbocycles. The van der Waals surface area contributed by atoms with Gasteiger partial charge < -0.3 is 10.1 Å². The quantitative estimate of drug-likeness (QED) is 0.901. The second-order valence-corrected chi connectivity index (χ2v) is 3.74. The summed E-state index contributed by atoms with van der Waals surface area (Å²) < 4.78 is 18.4. The van der Waals surface area contributed by atoms with Crippen molar-refractivity contribution < 1.29 is 9.13 Å². The third-order valence-electron chi connectivity index (χ3n) is 2.41. The molecule has 0 spiro atoms. The minimum Gasteiger partial charge on any atom is -0.439 e. The van der Waals surface area contributed by atoms with E-state index in [9.17, 15) is 4.39 Å². The van der Waals surface area contributed by atoms with Gasteiger partial charge in [-0.2, -0.15) is 0 Å². The third kappa shape index (κ3) is 2.74. The van der Waals surface area contributed by atoms with Gasteiger partial charge >= 0.3 is 0 Å². The van der Waals surface area contributed by atoms with Crippen molar-refractivity contribution in [2.45, 2.75) is 13.8 Å². The van der Waals surface area contributed by atoms with E-state index in [1.54, 1.807) is 12.1 Å². The van der Waals surface area contributed by atoms with Crippen LogP contribution in [0.5, 0.6) is 11.6 Å². The standard InChI is InChI=1S/C13H14FN3O/c1-3-15-12-9(2)13(17-8-16-12)18-11-6-4-10(14)5-7-11/h4-8H,3H2,1-2H3,(H,15,16,17). The molecule has 1 N–H and O–H groups in total. The zero-order chi connectivity index (χ0) is 13.0. The average molecular weight is 247 g/mol. The lowest BCUT2D eigenvalue weighted by atomic mass is 10.3. The Morgan fingerprint density at radius 3 is 2.61 bits per heavy atom. The first-order chi connectivity index (χ1) is 8.70. The average Bonchev–Trinajstić information content (AvgIpc) is 2.37. The van der Waals surface area contributed by atoms with Crippen molar-refractivity contribution in [2.75, 3.05) is 11.9 Å². The number of rotatable bonds is 4. The Morgan fingerprint density at radius 2 is 1.94 bits per heavy atom. The monoisotopic (exact) mass is 247 g/mol. The highest BCUT2D eigenvalue weighted by atomic mass is 19.1. The van der Waals surface area contributed by atoms with Gasteiger partial charge in [0.1, 0.15) is 23.7 Å². The van der Waals surface area contributed by atoms with Crippen LogP contribution in [0, 0.1) is 12.7 Å². The number of benzene rings is 1. The lowest BCUT2D eigenvalue weighted by molar-refractivity contribution is 0.456. The lowest BCUT2D eigenvalue weighted by Gasteiger charge is -2.10. The largest absolute Gasteiger partial charge is 0.439 e. The van der Waals surface area contributed by atoms with Crippen molar-refractivity contribution in [1.29, 1.82) is 0 Å². The van der Waals surface area contributed by atoms with Crippen LogP contribution in [0.2, 0.25) is 0 Å². The van der Waals surface area contributed by atoms with Gasteiger partial charge in [-0.1, -0.05) is 0 Å². The minimum atomic E-state index is -0.296. The maximum absolute atomic E-state index is 12.8. The first-order valence-corrected chi connectivity index (χ1v) is 5.69. The fourth-order valence-corrected chi connectivity index (χ4v) is 1.50. The molecule has 0 unspecified atom stereocenters. The fraction of sp³-hybridized carbons (Fsp3) is 0.231. The van der Waals surface area contributed by atoms with Gasteiger partial charge in [-0.15, -0.1) is 0 Å². The molecule has 94 valence electrons. The summed E-state index contributed by atoms with van der Waals surface area (Å²) in [7, 11) is 0. The number of anilines is 1. The van der Waals surface area contributed by atoms with E-state index in [1.165, 1.54) is 18.5 Å². The molecule has 2 rings (SSSR count). The van der Waals surface area contributed by atoms with E-state index in [4.69, 9.17) is 4.74 Å². The Bertz CT molecular complexity index is 528. The van der Waals surface area contributed by atoms with E-state index in [1.807, 2.05) is 13.8 Å². The highest BCUT2D eigenvalue weighted by Crippen LogP contribution is 2.25. The van der Waals surface area contributed by atoms with Crippen LogP contribution in [0.1, 0.15) is 12.5 Å². The van der Waals surface area contributed by atoms with Crippen molar-refractivity contribution in [3.8, 4) is 11.6 Å². The predicted octanol–water partition coefficient (Wildman–Crippen LogP) is 3.15. The van der Waals surface area contributed by atoms with E-state index >= 15 is 0 Å². The molecule has 1 aromatic heterocycles. The van der Waals surface area contributed by atoms with Crippen LogP contribution < -0.4 is 10.1 Å². The molecule has 0 fully saturated rings. The Kier molecular flexibility index (Phi) is 3.72. The molecule has 4 nitrogen and oxygen atoms in total. The third-order valence-corrected chi connectivity index (χ3v) is 2.41. The second-order valence-electron chi connectivity index (χ2n) is 3.74. The summed E-state index contributed by atoms with van der Waals surface area (Å²) in [6.45, 7) is 4.63. The Morgan fingerprint density at radius 1 is 1.22 bits per heavy atom. The van der Waals surface area contributed by atoms with Crippen LogP contribution in [0.15, 0.2) is 30.6 Å². The van der Waals surface area contributed by atoms with Gasteiger partial charge in [-0.25, -0.2) is 14.4 Å². The first-order valence-electron chi connectivity index (χ1n) is 5.69. The zero-order valence-corrected chi connectivity index (χ0v) is 10.3. The smallest absolute Gasteiger partial charge is 0.227 e. The summed E-state index contributed by atoms with van der Waals surface area (Å²) in [5.41, 5.74) is 0.823. The normalized spacial score (nSPS) is 10.2. The van der Waals surface area contributed by atoms with Crippen molar-refractivity contribution in [2.24, 2.45) is 0 Å². The zero-order valence-electron chi connectivity index (χ0n) is 10.3. The van der Waals surface area contributed by atoms with E-state index in [-0.39, 0.29) is 5.82 Å². The Hall–Kier alpha value is -2.17. The van der Waals surface area contributed by atoms with Crippen LogP contribution >= 0.6 is 0 Å². The van der Waals surface area contributed by atoms with Gasteiger partial charge in [0.05, 0.1) is 5.56 Å². The number of nitrogens with one attached hydrogen (secondary N) is 1. The molecule has 2 aromatic rings. The van der Waals surface area contributed by atoms with E-state index in [0.717, 1.165) is 17.9 Å². The van der Waals surface area contributed by atoms with Crippen molar-refractivity contribution in [3.05, 3.63) is 42.0 Å². The van der Waals surface area contributed by atoms with Crippen LogP contribution in [-0.2, 0) is 0 Å². The molecule has 0 aliphatic rings. The van der Waals surface area contributed by atoms with Gasteiger partial charge in [-0.05, 0) is 38.1 Å². The van der Waals surface area contributed by atoms with Gasteiger partial charge in [0.2, 0.25) is 5.88 Å². The molecule has 1 aromatic carbocycles. The molecule has 0 atom stereocenters. The van der Waals surface area contributed by atoms with Crippen LogP contribution in [0.25, 0.3) is 0 Å². The lowest BCUT2D eigenvalue weighted by Crippen LogP contribution is -2.03. The number of halogens is 1. The van der Waals surface area contributed by atoms with Gasteiger partial charge in [0.25, 0.3) is 0 Å². The van der Waals surface area contributed by atoms with Crippen LogP contribution in [-0.4, -0.2) is 16.5 Å². The van der Waals surface area contributed by atoms with Gasteiger partial charge in [0, 0.05) is 6.54 Å². The van der Waals surface area contributed by atoms with Crippen molar-refractivity contribution >= 4 is 5.82 Å². The number of ether oxygens (including phenoxy) is 1. The summed E-state index contributed by atoms with van der Waals surface area (Å²) in [6, 6.07) is 5.81. The summed E-state index contributed by atoms with van der Waals surface area (Å²) in [6.07, 6.45) is 1.43. The van der Waals surface area contributed by atoms with E-state index < -0.39 is 0 Å². The molecule has 0 radical (unpaired) electrons. The second kappa shape index (κ2) is 5.44. The van der Waals surface area contributed by atoms with Gasteiger partial charge in [0.15, 0.2) is 0 Å². The Balaban J connectivity index is 2.23. The molecular weight excluding hydrogens is 233 g/mol. The molecule has 1 heterocycles. The minimum absolute atomic E-state index is 0.296. The summed E-state index contributed by atoms with van der Waals surface area (Å²) in [5, 5.41) is 3.12. The molecule has 0 saturated heterocycles. The summed E-state index contributed by atoms with van der Waals surface area (Å²) in [4.78, 5) is 8.19. The number of hydrogen-bond acceptors (Lipinski definition) is 4. The molecule has 0 aliphatic carbocycles. The summed E-state index contributed by atoms with van der Waals surface area (Å²) >= 11 is 0. The molecular formula is C13H14FN3O. The van der Waals surface area contributed by atoms with Crippen molar-refractivity contribution in [1.82, 2.24) is 9.97 Å². The highest BCUT2D eigenvalue weighted by molar-refractivity contribution is 5.48. The SMILES string of the molecule is CCNc1ncnc(Oc2ccc(F)cc2)c1C. The van der Waals surface area contributed by atoms with E-state index in [2.05, 4.69) is 15.3 Å². The Labute approximate surface area is 105 Å². The number of hydrogen-bond donors (Lipinski definition) is 1. The molecule has 0 bridgehead atoms. The van der Waals surface area contributed by atoms with Crippen molar-refractivity contribution in [3.63, 3.8) is 0 Å². The molecule has 0 aliphatic heterocycles. The number of aromatic nitrogens is 2. The maximum Gasteiger partial charge on any atom is 0.227 e. The molecule has 5 heteroatoms. The maximum atomic E-state index is 12.8. The van der Waals surface area contributed by atoms with E-state index in [0.29, 0.717) is 11.6 Å². The first kappa shape index (κ1) is 12.3. The molecule has 18 heavy (non-hydrogen) atoms.